The fraction of sp³-hybridized carbons (Fsp3) is 0.0556. The van der Waals surface area contributed by atoms with Crippen molar-refractivity contribution >= 4 is 17.4 Å². The van der Waals surface area contributed by atoms with Crippen molar-refractivity contribution in [3.05, 3.63) is 83.6 Å². The molecule has 0 saturated carbocycles. The van der Waals surface area contributed by atoms with Gasteiger partial charge in [0.1, 0.15) is 5.82 Å². The van der Waals surface area contributed by atoms with Gasteiger partial charge in [-0.15, -0.1) is 0 Å². The summed E-state index contributed by atoms with van der Waals surface area (Å²) < 4.78 is 40.0. The first kappa shape index (κ1) is 17.4. The maximum atomic E-state index is 13.7. The zero-order valence-electron chi connectivity index (χ0n) is 13.3. The number of nitrogens with zero attached hydrogens (tertiary/aromatic N) is 2. The smallest absolute Gasteiger partial charge is 0.259 e. The molecule has 3 aromatic rings. The van der Waals surface area contributed by atoms with E-state index in [0.717, 1.165) is 17.7 Å². The van der Waals surface area contributed by atoms with Crippen molar-refractivity contribution in [2.24, 2.45) is 0 Å². The number of halogens is 3. The molecule has 0 bridgehead atoms. The third-order valence-electron chi connectivity index (χ3n) is 3.55. The van der Waals surface area contributed by atoms with Crippen molar-refractivity contribution in [2.45, 2.75) is 6.54 Å². The molecule has 0 spiro atoms. The van der Waals surface area contributed by atoms with Crippen molar-refractivity contribution in [1.29, 1.82) is 0 Å². The number of benzene rings is 1. The van der Waals surface area contributed by atoms with Crippen LogP contribution in [-0.4, -0.2) is 15.9 Å². The van der Waals surface area contributed by atoms with E-state index >= 15 is 0 Å². The van der Waals surface area contributed by atoms with E-state index < -0.39 is 29.0 Å². The van der Waals surface area contributed by atoms with Crippen molar-refractivity contribution < 1.29 is 18.0 Å². The van der Waals surface area contributed by atoms with E-state index in [1.165, 1.54) is 18.3 Å². The molecule has 0 aliphatic rings. The second-order valence-corrected chi connectivity index (χ2v) is 5.29. The second kappa shape index (κ2) is 7.64. The quantitative estimate of drug-likeness (QED) is 0.682. The summed E-state index contributed by atoms with van der Waals surface area (Å²) in [5.41, 5.74) is 0.590. The van der Waals surface area contributed by atoms with Crippen LogP contribution < -0.4 is 10.6 Å². The normalized spacial score (nSPS) is 10.4. The zero-order valence-corrected chi connectivity index (χ0v) is 13.3. The highest BCUT2D eigenvalue weighted by molar-refractivity contribution is 6.07. The van der Waals surface area contributed by atoms with Crippen LogP contribution >= 0.6 is 0 Å². The van der Waals surface area contributed by atoms with E-state index in [4.69, 9.17) is 0 Å². The summed E-state index contributed by atoms with van der Waals surface area (Å²) in [5, 5.41) is 5.23. The molecule has 0 atom stereocenters. The number of hydrogen-bond acceptors (Lipinski definition) is 4. The molecule has 0 saturated heterocycles. The SMILES string of the molecule is O=C(Nc1ccc(F)c(F)c1F)c1cccnc1NCc1ccncc1. The lowest BCUT2D eigenvalue weighted by molar-refractivity contribution is 0.102. The molecule has 2 aromatic heterocycles. The Hall–Kier alpha value is -3.42. The van der Waals surface area contributed by atoms with Crippen LogP contribution in [0.25, 0.3) is 0 Å². The van der Waals surface area contributed by atoms with Gasteiger partial charge in [-0.1, -0.05) is 0 Å². The molecule has 0 radical (unpaired) electrons. The fourth-order valence-electron chi connectivity index (χ4n) is 2.23. The number of hydrogen-bond donors (Lipinski definition) is 2. The summed E-state index contributed by atoms with van der Waals surface area (Å²) in [4.78, 5) is 20.4. The number of carbonyl (C=O) groups excluding carboxylic acids is 1. The minimum atomic E-state index is -1.65. The second-order valence-electron chi connectivity index (χ2n) is 5.29. The summed E-state index contributed by atoms with van der Waals surface area (Å²) in [6.45, 7) is 0.388. The topological polar surface area (TPSA) is 66.9 Å². The molecule has 0 aliphatic heterocycles. The van der Waals surface area contributed by atoms with Crippen LogP contribution in [0.4, 0.5) is 24.7 Å². The molecule has 3 rings (SSSR count). The van der Waals surface area contributed by atoms with Gasteiger partial charge in [-0.25, -0.2) is 18.2 Å². The fourth-order valence-corrected chi connectivity index (χ4v) is 2.23. The molecule has 132 valence electrons. The van der Waals surface area contributed by atoms with Gasteiger partial charge in [-0.2, -0.15) is 0 Å². The lowest BCUT2D eigenvalue weighted by Gasteiger charge is -2.12. The summed E-state index contributed by atoms with van der Waals surface area (Å²) in [6.07, 6.45) is 4.76. The first-order valence-corrected chi connectivity index (χ1v) is 7.59. The van der Waals surface area contributed by atoms with E-state index in [1.807, 2.05) is 0 Å². The van der Waals surface area contributed by atoms with Crippen LogP contribution in [-0.2, 0) is 6.54 Å². The highest BCUT2D eigenvalue weighted by atomic mass is 19.2. The third-order valence-corrected chi connectivity index (χ3v) is 3.55. The number of anilines is 2. The number of amides is 1. The van der Waals surface area contributed by atoms with E-state index in [-0.39, 0.29) is 11.4 Å². The summed E-state index contributed by atoms with van der Waals surface area (Å²) in [5.74, 6) is -4.88. The van der Waals surface area contributed by atoms with Crippen LogP contribution in [0.2, 0.25) is 0 Å². The Morgan fingerprint density at radius 1 is 0.962 bits per heavy atom. The highest BCUT2D eigenvalue weighted by Gasteiger charge is 2.18. The number of pyridine rings is 2. The van der Waals surface area contributed by atoms with E-state index in [0.29, 0.717) is 6.54 Å². The first-order chi connectivity index (χ1) is 12.6. The molecule has 2 N–H and O–H groups in total. The minimum Gasteiger partial charge on any atom is -0.365 e. The van der Waals surface area contributed by atoms with E-state index in [2.05, 4.69) is 20.6 Å². The number of rotatable bonds is 5. The largest absolute Gasteiger partial charge is 0.365 e. The van der Waals surface area contributed by atoms with E-state index in [1.54, 1.807) is 24.5 Å². The Bertz CT molecular complexity index is 935. The monoisotopic (exact) mass is 358 g/mol. The molecule has 0 fully saturated rings. The molecular formula is C18H13F3N4O. The van der Waals surface area contributed by atoms with Gasteiger partial charge in [-0.3, -0.25) is 9.78 Å². The molecule has 1 amide bonds. The van der Waals surface area contributed by atoms with Crippen LogP contribution in [0.15, 0.2) is 55.0 Å². The lowest BCUT2D eigenvalue weighted by Crippen LogP contribution is -2.17. The molecule has 5 nitrogen and oxygen atoms in total. The molecule has 2 heterocycles. The number of nitrogens with one attached hydrogen (secondary N) is 2. The summed E-state index contributed by atoms with van der Waals surface area (Å²) in [7, 11) is 0. The Morgan fingerprint density at radius 3 is 2.50 bits per heavy atom. The number of aromatic nitrogens is 2. The Kier molecular flexibility index (Phi) is 5.12. The van der Waals surface area contributed by atoms with Crippen molar-refractivity contribution in [1.82, 2.24) is 9.97 Å². The standard InChI is InChI=1S/C18H13F3N4O/c19-13-3-4-14(16(21)15(13)20)25-18(26)12-2-1-7-23-17(12)24-10-11-5-8-22-9-6-11/h1-9H,10H2,(H,23,24)(H,25,26). The van der Waals surface area contributed by atoms with E-state index in [9.17, 15) is 18.0 Å². The predicted molar refractivity (Wildman–Crippen MR) is 90.1 cm³/mol. The molecule has 0 aliphatic carbocycles. The van der Waals surface area contributed by atoms with Crippen LogP contribution in [0.5, 0.6) is 0 Å². The molecule has 26 heavy (non-hydrogen) atoms. The van der Waals surface area contributed by atoms with Gasteiger partial charge >= 0.3 is 0 Å². The molecular weight excluding hydrogens is 345 g/mol. The number of carbonyl (C=O) groups is 1. The van der Waals surface area contributed by atoms with Crippen LogP contribution in [0.3, 0.4) is 0 Å². The Labute approximate surface area is 146 Å². The molecule has 1 aromatic carbocycles. The minimum absolute atomic E-state index is 0.130. The van der Waals surface area contributed by atoms with Gasteiger partial charge in [0.2, 0.25) is 0 Å². The van der Waals surface area contributed by atoms with Gasteiger partial charge in [0.25, 0.3) is 5.91 Å². The van der Waals surface area contributed by atoms with Gasteiger partial charge in [-0.05, 0) is 42.0 Å². The summed E-state index contributed by atoms with van der Waals surface area (Å²) in [6, 6.07) is 8.30. The predicted octanol–water partition coefficient (Wildman–Crippen LogP) is 3.76. The van der Waals surface area contributed by atoms with Crippen molar-refractivity contribution in [3.8, 4) is 0 Å². The summed E-state index contributed by atoms with van der Waals surface area (Å²) >= 11 is 0. The highest BCUT2D eigenvalue weighted by Crippen LogP contribution is 2.21. The average Bonchev–Trinajstić information content (AvgIpc) is 2.68. The van der Waals surface area contributed by atoms with Gasteiger partial charge in [0.05, 0.1) is 11.3 Å². The van der Waals surface area contributed by atoms with Crippen molar-refractivity contribution in [2.75, 3.05) is 10.6 Å². The zero-order chi connectivity index (χ0) is 18.5. The Balaban J connectivity index is 1.79. The Morgan fingerprint density at radius 2 is 1.73 bits per heavy atom. The first-order valence-electron chi connectivity index (χ1n) is 7.59. The maximum Gasteiger partial charge on any atom is 0.259 e. The molecule has 0 unspecified atom stereocenters. The van der Waals surface area contributed by atoms with Crippen molar-refractivity contribution in [3.63, 3.8) is 0 Å². The maximum absolute atomic E-state index is 13.7. The lowest BCUT2D eigenvalue weighted by atomic mass is 10.2. The molecule has 8 heteroatoms. The van der Waals surface area contributed by atoms with Gasteiger partial charge in [0, 0.05) is 25.1 Å². The van der Waals surface area contributed by atoms with Gasteiger partial charge in [0.15, 0.2) is 17.5 Å². The third kappa shape index (κ3) is 3.80. The average molecular weight is 358 g/mol. The van der Waals surface area contributed by atoms with Crippen LogP contribution in [0, 0.1) is 17.5 Å². The van der Waals surface area contributed by atoms with Gasteiger partial charge < -0.3 is 10.6 Å². The van der Waals surface area contributed by atoms with Crippen LogP contribution in [0.1, 0.15) is 15.9 Å².